The normalized spacial score (nSPS) is 10.5. The van der Waals surface area contributed by atoms with Gasteiger partial charge >= 0.3 is 5.97 Å². The molecule has 0 saturated carbocycles. The molecule has 1 amide bonds. The van der Waals surface area contributed by atoms with Crippen LogP contribution in [0.3, 0.4) is 0 Å². The molecular weight excluding hydrogens is 268 g/mol. The van der Waals surface area contributed by atoms with Crippen molar-refractivity contribution in [1.29, 1.82) is 5.26 Å². The summed E-state index contributed by atoms with van der Waals surface area (Å²) in [6.45, 7) is 3.71. The summed E-state index contributed by atoms with van der Waals surface area (Å²) in [5.41, 5.74) is 1.38. The smallest absolute Gasteiger partial charge is 0.331 e. The van der Waals surface area contributed by atoms with E-state index >= 15 is 0 Å². The Hall–Kier alpha value is -2.87. The molecule has 108 valence electrons. The quantitative estimate of drug-likeness (QED) is 0.592. The zero-order valence-electron chi connectivity index (χ0n) is 11.5. The number of nitrogens with one attached hydrogen (secondary N) is 1. The van der Waals surface area contributed by atoms with Crippen molar-refractivity contribution in [1.82, 2.24) is 5.32 Å². The van der Waals surface area contributed by atoms with E-state index in [4.69, 9.17) is 5.26 Å². The Morgan fingerprint density at radius 1 is 1.43 bits per heavy atom. The minimum absolute atomic E-state index is 0.234. The lowest BCUT2D eigenvalue weighted by Gasteiger charge is -2.04. The van der Waals surface area contributed by atoms with Gasteiger partial charge in [0.15, 0.2) is 0 Å². The highest BCUT2D eigenvalue weighted by Gasteiger charge is 2.07. The van der Waals surface area contributed by atoms with E-state index in [0.29, 0.717) is 30.5 Å². The van der Waals surface area contributed by atoms with E-state index in [2.05, 4.69) is 11.9 Å². The standard InChI is InChI=1S/C16H16N2O3/c1-2-15(19)18-8-4-7-14(16(20)21)10-12-5-3-6-13(9-12)11-17/h2-3,5-6,9-10H,1,4,7-8H2,(H,18,19)(H,20,21)/b14-10+. The van der Waals surface area contributed by atoms with Crippen LogP contribution in [0.2, 0.25) is 0 Å². The third kappa shape index (κ3) is 5.74. The lowest BCUT2D eigenvalue weighted by Crippen LogP contribution is -2.22. The van der Waals surface area contributed by atoms with Crippen molar-refractivity contribution >= 4 is 18.0 Å². The van der Waals surface area contributed by atoms with Crippen molar-refractivity contribution in [2.75, 3.05) is 6.54 Å². The highest BCUT2D eigenvalue weighted by molar-refractivity contribution is 5.92. The van der Waals surface area contributed by atoms with E-state index in [1.807, 2.05) is 6.07 Å². The number of rotatable bonds is 7. The molecule has 0 fully saturated rings. The maximum Gasteiger partial charge on any atom is 0.331 e. The molecule has 0 aliphatic heterocycles. The second-order valence-corrected chi connectivity index (χ2v) is 4.31. The summed E-state index contributed by atoms with van der Waals surface area (Å²) in [4.78, 5) is 22.2. The molecule has 0 unspecified atom stereocenters. The van der Waals surface area contributed by atoms with E-state index in [9.17, 15) is 14.7 Å². The van der Waals surface area contributed by atoms with Gasteiger partial charge in [-0.2, -0.15) is 5.26 Å². The zero-order valence-corrected chi connectivity index (χ0v) is 11.5. The molecule has 0 spiro atoms. The average molecular weight is 284 g/mol. The highest BCUT2D eigenvalue weighted by atomic mass is 16.4. The van der Waals surface area contributed by atoms with Gasteiger partial charge in [-0.3, -0.25) is 4.79 Å². The van der Waals surface area contributed by atoms with Gasteiger partial charge in [0.2, 0.25) is 5.91 Å². The zero-order chi connectivity index (χ0) is 15.7. The Labute approximate surface area is 123 Å². The molecule has 0 aliphatic rings. The maximum absolute atomic E-state index is 11.2. The van der Waals surface area contributed by atoms with E-state index in [1.54, 1.807) is 30.3 Å². The molecule has 1 aromatic rings. The van der Waals surface area contributed by atoms with Gasteiger partial charge < -0.3 is 10.4 Å². The van der Waals surface area contributed by atoms with Gasteiger partial charge in [-0.05, 0) is 42.7 Å². The molecule has 0 radical (unpaired) electrons. The van der Waals surface area contributed by atoms with Crippen LogP contribution < -0.4 is 5.32 Å². The van der Waals surface area contributed by atoms with E-state index in [1.165, 1.54) is 6.08 Å². The van der Waals surface area contributed by atoms with Crippen molar-refractivity contribution in [3.63, 3.8) is 0 Å². The van der Waals surface area contributed by atoms with Crippen molar-refractivity contribution < 1.29 is 14.7 Å². The molecule has 0 bridgehead atoms. The number of amides is 1. The van der Waals surface area contributed by atoms with Gasteiger partial charge in [-0.25, -0.2) is 4.79 Å². The molecule has 0 heterocycles. The van der Waals surface area contributed by atoms with Crippen molar-refractivity contribution in [2.45, 2.75) is 12.8 Å². The fourth-order valence-electron chi connectivity index (χ4n) is 1.70. The lowest BCUT2D eigenvalue weighted by molar-refractivity contribution is -0.132. The summed E-state index contributed by atoms with van der Waals surface area (Å²) in [6, 6.07) is 8.73. The molecule has 5 heteroatoms. The van der Waals surface area contributed by atoms with E-state index in [0.717, 1.165) is 0 Å². The Balaban J connectivity index is 2.70. The molecule has 2 N–H and O–H groups in total. The molecule has 1 aromatic carbocycles. The van der Waals surface area contributed by atoms with Crippen LogP contribution >= 0.6 is 0 Å². The summed E-state index contributed by atoms with van der Waals surface area (Å²) in [7, 11) is 0. The molecule has 21 heavy (non-hydrogen) atoms. The Morgan fingerprint density at radius 3 is 2.81 bits per heavy atom. The Kier molecular flexibility index (Phi) is 6.42. The van der Waals surface area contributed by atoms with E-state index < -0.39 is 5.97 Å². The summed E-state index contributed by atoms with van der Waals surface area (Å²) >= 11 is 0. The predicted octanol–water partition coefficient (Wildman–Crippen LogP) is 2.11. The number of nitriles is 1. The number of hydrogen-bond acceptors (Lipinski definition) is 3. The molecule has 0 atom stereocenters. The van der Waals surface area contributed by atoms with Gasteiger partial charge in [0.25, 0.3) is 0 Å². The van der Waals surface area contributed by atoms with Crippen LogP contribution in [-0.2, 0) is 9.59 Å². The van der Waals surface area contributed by atoms with Gasteiger partial charge in [-0.15, -0.1) is 0 Å². The first-order chi connectivity index (χ1) is 10.1. The van der Waals surface area contributed by atoms with E-state index in [-0.39, 0.29) is 11.5 Å². The van der Waals surface area contributed by atoms with Gasteiger partial charge in [0.1, 0.15) is 0 Å². The first-order valence-electron chi connectivity index (χ1n) is 6.41. The molecule has 0 saturated heterocycles. The molecule has 0 aliphatic carbocycles. The van der Waals surface area contributed by atoms with Crippen molar-refractivity contribution in [3.05, 3.63) is 53.6 Å². The fraction of sp³-hybridized carbons (Fsp3) is 0.188. The Morgan fingerprint density at radius 2 is 2.19 bits per heavy atom. The summed E-state index contributed by atoms with van der Waals surface area (Å²) in [5.74, 6) is -1.29. The topological polar surface area (TPSA) is 90.2 Å². The summed E-state index contributed by atoms with van der Waals surface area (Å²) in [5, 5.41) is 20.6. The molecule has 5 nitrogen and oxygen atoms in total. The van der Waals surface area contributed by atoms with Crippen LogP contribution in [0, 0.1) is 11.3 Å². The number of hydrogen-bond donors (Lipinski definition) is 2. The molecule has 1 rings (SSSR count). The minimum atomic E-state index is -1.01. The first-order valence-corrected chi connectivity index (χ1v) is 6.41. The van der Waals surface area contributed by atoms with Crippen LogP contribution in [0.25, 0.3) is 6.08 Å². The summed E-state index contributed by atoms with van der Waals surface area (Å²) in [6.07, 6.45) is 3.54. The fourth-order valence-corrected chi connectivity index (χ4v) is 1.70. The maximum atomic E-state index is 11.2. The molecule has 0 aromatic heterocycles. The van der Waals surface area contributed by atoms with Crippen molar-refractivity contribution in [2.24, 2.45) is 0 Å². The number of aliphatic carboxylic acids is 1. The van der Waals surface area contributed by atoms with Crippen molar-refractivity contribution in [3.8, 4) is 6.07 Å². The third-order valence-corrected chi connectivity index (χ3v) is 2.74. The average Bonchev–Trinajstić information content (AvgIpc) is 2.49. The SMILES string of the molecule is C=CC(=O)NCCC/C(=C\c1cccc(C#N)c1)C(=O)O. The lowest BCUT2D eigenvalue weighted by atomic mass is 10.0. The number of nitrogens with zero attached hydrogens (tertiary/aromatic N) is 1. The van der Waals surface area contributed by atoms with Crippen LogP contribution in [0.5, 0.6) is 0 Å². The van der Waals surface area contributed by atoms with Gasteiger partial charge in [0.05, 0.1) is 11.6 Å². The van der Waals surface area contributed by atoms with Crippen LogP contribution in [0.1, 0.15) is 24.0 Å². The third-order valence-electron chi connectivity index (χ3n) is 2.74. The minimum Gasteiger partial charge on any atom is -0.478 e. The molecular formula is C16H16N2O3. The summed E-state index contributed by atoms with van der Waals surface area (Å²) < 4.78 is 0. The van der Waals surface area contributed by atoms with Gasteiger partial charge in [0, 0.05) is 12.1 Å². The number of carbonyl (C=O) groups excluding carboxylic acids is 1. The number of carbonyl (C=O) groups is 2. The second kappa shape index (κ2) is 8.33. The number of benzene rings is 1. The van der Waals surface area contributed by atoms with Crippen LogP contribution in [0.15, 0.2) is 42.5 Å². The largest absolute Gasteiger partial charge is 0.478 e. The highest BCUT2D eigenvalue weighted by Crippen LogP contribution is 2.13. The predicted molar refractivity (Wildman–Crippen MR) is 79.2 cm³/mol. The van der Waals surface area contributed by atoms with Gasteiger partial charge in [-0.1, -0.05) is 18.7 Å². The number of carboxylic acids is 1. The van der Waals surface area contributed by atoms with Crippen LogP contribution in [-0.4, -0.2) is 23.5 Å². The monoisotopic (exact) mass is 284 g/mol. The Bertz CT molecular complexity index is 612. The van der Waals surface area contributed by atoms with Crippen LogP contribution in [0.4, 0.5) is 0 Å². The first kappa shape index (κ1) is 16.2. The number of carboxylic acid groups (broad SMARTS) is 1. The second-order valence-electron chi connectivity index (χ2n) is 4.31.